The number of aliphatic hydroxyl groups is 1. The molecule has 0 spiro atoms. The monoisotopic (exact) mass is 393 g/mol. The average Bonchev–Trinajstić information content (AvgIpc) is 3.42. The summed E-state index contributed by atoms with van der Waals surface area (Å²) in [6, 6.07) is 7.63. The minimum absolute atomic E-state index is 0.288. The average molecular weight is 393 g/mol. The third-order valence-electron chi connectivity index (χ3n) is 4.84. The van der Waals surface area contributed by atoms with Crippen molar-refractivity contribution in [1.29, 1.82) is 0 Å². The van der Waals surface area contributed by atoms with Gasteiger partial charge in [0.1, 0.15) is 22.9 Å². The van der Waals surface area contributed by atoms with Crippen LogP contribution in [0.4, 0.5) is 11.5 Å². The van der Waals surface area contributed by atoms with E-state index in [-0.39, 0.29) is 6.04 Å². The fraction of sp³-hybridized carbons (Fsp3) is 0.409. The van der Waals surface area contributed by atoms with Gasteiger partial charge in [-0.3, -0.25) is 9.67 Å². The molecule has 3 heterocycles. The lowest BCUT2D eigenvalue weighted by atomic mass is 10.0. The quantitative estimate of drug-likeness (QED) is 0.594. The molecule has 0 amide bonds. The molecule has 3 aromatic heterocycles. The second-order valence-electron chi connectivity index (χ2n) is 8.32. The van der Waals surface area contributed by atoms with Gasteiger partial charge >= 0.3 is 0 Å². The summed E-state index contributed by atoms with van der Waals surface area (Å²) < 4.78 is 8.14. The maximum atomic E-state index is 10.2. The first-order chi connectivity index (χ1) is 13.8. The van der Waals surface area contributed by atoms with Gasteiger partial charge in [-0.2, -0.15) is 5.10 Å². The van der Waals surface area contributed by atoms with Crippen molar-refractivity contribution in [2.24, 2.45) is 0 Å². The van der Waals surface area contributed by atoms with Crippen LogP contribution in [0, 0.1) is 0 Å². The Labute approximate surface area is 170 Å². The molecule has 7 nitrogen and oxygen atoms in total. The zero-order chi connectivity index (χ0) is 20.6. The number of pyridine rings is 2. The van der Waals surface area contributed by atoms with Gasteiger partial charge in [0.15, 0.2) is 5.75 Å². The van der Waals surface area contributed by atoms with Crippen LogP contribution in [0.1, 0.15) is 63.9 Å². The van der Waals surface area contributed by atoms with Crippen LogP contribution >= 0.6 is 0 Å². The fourth-order valence-electron chi connectivity index (χ4n) is 3.03. The van der Waals surface area contributed by atoms with Crippen molar-refractivity contribution in [2.45, 2.75) is 58.1 Å². The summed E-state index contributed by atoms with van der Waals surface area (Å²) in [5.41, 5.74) is 1.42. The highest BCUT2D eigenvalue weighted by molar-refractivity contribution is 5.58. The van der Waals surface area contributed by atoms with E-state index >= 15 is 0 Å². The molecule has 0 atom stereocenters. The van der Waals surface area contributed by atoms with Crippen LogP contribution in [0.25, 0.3) is 0 Å². The first-order valence-electron chi connectivity index (χ1n) is 9.98. The van der Waals surface area contributed by atoms with Crippen molar-refractivity contribution in [2.75, 3.05) is 5.32 Å². The molecule has 4 rings (SSSR count). The summed E-state index contributed by atoms with van der Waals surface area (Å²) in [4.78, 5) is 8.61. The second kappa shape index (κ2) is 7.48. The molecule has 0 saturated heterocycles. The molecule has 3 aromatic rings. The Kier molecular flexibility index (Phi) is 5.00. The summed E-state index contributed by atoms with van der Waals surface area (Å²) in [6.07, 6.45) is 7.68. The van der Waals surface area contributed by atoms with Gasteiger partial charge in [-0.15, -0.1) is 0 Å². The van der Waals surface area contributed by atoms with Gasteiger partial charge in [0.25, 0.3) is 0 Å². The third-order valence-corrected chi connectivity index (χ3v) is 4.84. The molecule has 1 aliphatic rings. The number of nitrogens with one attached hydrogen (secondary N) is 1. The lowest BCUT2D eigenvalue weighted by Gasteiger charge is -2.17. The van der Waals surface area contributed by atoms with Gasteiger partial charge in [-0.25, -0.2) is 4.98 Å². The van der Waals surface area contributed by atoms with E-state index in [0.717, 1.165) is 17.1 Å². The number of anilines is 2. The van der Waals surface area contributed by atoms with Crippen molar-refractivity contribution in [3.05, 3.63) is 54.2 Å². The topological polar surface area (TPSA) is 85.1 Å². The van der Waals surface area contributed by atoms with Crippen LogP contribution < -0.4 is 10.1 Å². The summed E-state index contributed by atoms with van der Waals surface area (Å²) in [7, 11) is 0. The first-order valence-corrected chi connectivity index (χ1v) is 9.98. The number of nitrogens with zero attached hydrogens (tertiary/aromatic N) is 4. The van der Waals surface area contributed by atoms with Crippen molar-refractivity contribution in [1.82, 2.24) is 19.7 Å². The van der Waals surface area contributed by atoms with Gasteiger partial charge in [0.05, 0.1) is 11.9 Å². The molecule has 2 N–H and O–H groups in total. The number of ether oxygens (including phenoxy) is 1. The third kappa shape index (κ3) is 4.56. The Balaban J connectivity index is 1.54. The molecule has 0 aliphatic heterocycles. The normalized spacial score (nSPS) is 14.3. The Bertz CT molecular complexity index is 1000. The summed E-state index contributed by atoms with van der Waals surface area (Å²) in [5.74, 6) is 2.66. The van der Waals surface area contributed by atoms with Crippen molar-refractivity contribution < 1.29 is 9.84 Å². The molecule has 7 heteroatoms. The van der Waals surface area contributed by atoms with E-state index in [4.69, 9.17) is 9.84 Å². The highest BCUT2D eigenvalue weighted by Gasteiger charge is 2.30. The molecule has 1 saturated carbocycles. The Morgan fingerprint density at radius 1 is 1.17 bits per heavy atom. The smallest absolute Gasteiger partial charge is 0.168 e. The maximum Gasteiger partial charge on any atom is 0.168 e. The predicted octanol–water partition coefficient (Wildman–Crippen LogP) is 4.89. The summed E-state index contributed by atoms with van der Waals surface area (Å²) >= 11 is 0. The maximum absolute atomic E-state index is 10.2. The Morgan fingerprint density at radius 3 is 2.62 bits per heavy atom. The van der Waals surface area contributed by atoms with Crippen molar-refractivity contribution in [3.8, 4) is 11.5 Å². The van der Waals surface area contributed by atoms with Gasteiger partial charge in [0.2, 0.25) is 0 Å². The van der Waals surface area contributed by atoms with E-state index in [2.05, 4.69) is 29.1 Å². The van der Waals surface area contributed by atoms with Crippen LogP contribution in [-0.2, 0) is 5.60 Å². The van der Waals surface area contributed by atoms with Crippen LogP contribution in [-0.4, -0.2) is 24.9 Å². The van der Waals surface area contributed by atoms with Crippen molar-refractivity contribution >= 4 is 11.5 Å². The predicted molar refractivity (Wildman–Crippen MR) is 112 cm³/mol. The molecular formula is C22H27N5O2. The molecule has 152 valence electrons. The minimum Gasteiger partial charge on any atom is -0.454 e. The fourth-order valence-corrected chi connectivity index (χ4v) is 3.03. The highest BCUT2D eigenvalue weighted by Crippen LogP contribution is 2.44. The minimum atomic E-state index is -1.01. The SMILES string of the molecule is CC(C)n1cc(Oc2ccnc(Nc3ccnc(C(C)(C)O)c3)c2)c(C2CC2)n1. The standard InChI is InChI=1S/C22H27N5O2/c1-14(2)27-13-18(21(26-27)15-5-6-15)29-17-8-10-24-20(12-17)25-16-7-9-23-19(11-16)22(3,4)28/h7-15,28H,5-6H2,1-4H3,(H,23,24,25). The lowest BCUT2D eigenvalue weighted by molar-refractivity contribution is 0.0739. The van der Waals surface area contributed by atoms with E-state index in [1.165, 1.54) is 12.8 Å². The lowest BCUT2D eigenvalue weighted by Crippen LogP contribution is -2.17. The number of hydrogen-bond donors (Lipinski definition) is 2. The van der Waals surface area contributed by atoms with Gasteiger partial charge in [-0.1, -0.05) is 0 Å². The Morgan fingerprint density at radius 2 is 1.93 bits per heavy atom. The van der Waals surface area contributed by atoms with Crippen LogP contribution in [0.15, 0.2) is 42.9 Å². The second-order valence-corrected chi connectivity index (χ2v) is 8.32. The van der Waals surface area contributed by atoms with Crippen LogP contribution in [0.5, 0.6) is 11.5 Å². The summed E-state index contributed by atoms with van der Waals surface area (Å²) in [5, 5.41) is 18.1. The van der Waals surface area contributed by atoms with E-state index < -0.39 is 5.60 Å². The number of rotatable bonds is 7. The molecule has 1 fully saturated rings. The van der Waals surface area contributed by atoms with Crippen LogP contribution in [0.3, 0.4) is 0 Å². The van der Waals surface area contributed by atoms with Gasteiger partial charge in [0, 0.05) is 36.1 Å². The van der Waals surface area contributed by atoms with Crippen molar-refractivity contribution in [3.63, 3.8) is 0 Å². The molecule has 0 aromatic carbocycles. The molecule has 0 radical (unpaired) electrons. The molecule has 1 aliphatic carbocycles. The number of hydrogen-bond acceptors (Lipinski definition) is 6. The highest BCUT2D eigenvalue weighted by atomic mass is 16.5. The molecule has 0 bridgehead atoms. The zero-order valence-electron chi connectivity index (χ0n) is 17.3. The van der Waals surface area contributed by atoms with Gasteiger partial charge < -0.3 is 15.2 Å². The summed E-state index contributed by atoms with van der Waals surface area (Å²) in [6.45, 7) is 7.64. The molecule has 0 unspecified atom stereocenters. The first kappa shape index (κ1) is 19.4. The number of aromatic nitrogens is 4. The molecule has 29 heavy (non-hydrogen) atoms. The van der Waals surface area contributed by atoms with Crippen LogP contribution in [0.2, 0.25) is 0 Å². The van der Waals surface area contributed by atoms with E-state index in [9.17, 15) is 5.11 Å². The molecular weight excluding hydrogens is 366 g/mol. The van der Waals surface area contributed by atoms with E-state index in [1.807, 2.05) is 35.1 Å². The van der Waals surface area contributed by atoms with E-state index in [1.54, 1.807) is 26.2 Å². The largest absolute Gasteiger partial charge is 0.454 e. The Hall–Kier alpha value is -2.93. The van der Waals surface area contributed by atoms with E-state index in [0.29, 0.717) is 23.2 Å². The van der Waals surface area contributed by atoms with Gasteiger partial charge in [-0.05, 0) is 58.7 Å². The zero-order valence-corrected chi connectivity index (χ0v) is 17.3.